The van der Waals surface area contributed by atoms with Crippen LogP contribution in [0.15, 0.2) is 54.6 Å². The van der Waals surface area contributed by atoms with E-state index in [1.54, 1.807) is 30.3 Å². The molecular formula is C28H44O3. The van der Waals surface area contributed by atoms with Gasteiger partial charge in [-0.05, 0) is 42.7 Å². The average molecular weight is 429 g/mol. The summed E-state index contributed by atoms with van der Waals surface area (Å²) in [4.78, 5) is 8.00. The molecule has 3 nitrogen and oxygen atoms in total. The largest absolute Gasteiger partial charge is 0.508 e. The summed E-state index contributed by atoms with van der Waals surface area (Å²) < 4.78 is 0. The Balaban J connectivity index is 0.000000831. The molecule has 0 bridgehead atoms. The van der Waals surface area contributed by atoms with Gasteiger partial charge in [0.05, 0.1) is 0 Å². The smallest absolute Gasteiger partial charge is 0.115 e. The van der Waals surface area contributed by atoms with Gasteiger partial charge in [-0.1, -0.05) is 114 Å². The number of hydrogen-bond acceptors (Lipinski definition) is 3. The fraction of sp³-hybridized carbons (Fsp3) is 0.536. The number of aryl methyl sites for hydroxylation is 1. The number of phenolic OH excluding ortho intramolecular Hbond substituents is 2. The zero-order valence-electron chi connectivity index (χ0n) is 19.6. The number of phenols is 2. The molecule has 0 heterocycles. The lowest BCUT2D eigenvalue weighted by Gasteiger charge is -2.04. The van der Waals surface area contributed by atoms with Gasteiger partial charge in [-0.15, -0.1) is 0 Å². The van der Waals surface area contributed by atoms with Crippen molar-refractivity contribution >= 4 is 6.79 Å². The number of carbonyl (C=O) groups excluding carboxylic acids is 1. The van der Waals surface area contributed by atoms with Crippen molar-refractivity contribution in [3.8, 4) is 11.5 Å². The van der Waals surface area contributed by atoms with Crippen LogP contribution in [-0.2, 0) is 11.2 Å². The minimum Gasteiger partial charge on any atom is -0.508 e. The Kier molecular flexibility index (Phi) is 20.7. The fourth-order valence-electron chi connectivity index (χ4n) is 3.49. The van der Waals surface area contributed by atoms with Gasteiger partial charge in [-0.3, -0.25) is 0 Å². The number of benzene rings is 2. The molecule has 0 atom stereocenters. The summed E-state index contributed by atoms with van der Waals surface area (Å²) in [5, 5.41) is 18.0. The van der Waals surface area contributed by atoms with E-state index in [0.29, 0.717) is 11.5 Å². The molecule has 0 saturated carbocycles. The van der Waals surface area contributed by atoms with Crippen LogP contribution in [0.25, 0.3) is 0 Å². The van der Waals surface area contributed by atoms with Crippen LogP contribution in [0.2, 0.25) is 0 Å². The molecule has 0 aliphatic carbocycles. The summed E-state index contributed by atoms with van der Waals surface area (Å²) in [5.74, 6) is 0.717. The Labute approximate surface area is 190 Å². The Morgan fingerprint density at radius 1 is 0.581 bits per heavy atom. The number of rotatable bonds is 14. The van der Waals surface area contributed by atoms with Gasteiger partial charge in [0.15, 0.2) is 0 Å². The van der Waals surface area contributed by atoms with Gasteiger partial charge >= 0.3 is 0 Å². The first-order valence-electron chi connectivity index (χ1n) is 12.0. The van der Waals surface area contributed by atoms with Crippen molar-refractivity contribution in [2.24, 2.45) is 0 Å². The Morgan fingerprint density at radius 3 is 1.45 bits per heavy atom. The maximum atomic E-state index is 9.42. The fourth-order valence-corrected chi connectivity index (χ4v) is 3.49. The standard InChI is InChI=1S/C21H36O.C6H6O.CH2O/c1-2-3-4-5-6-7-8-9-10-11-12-13-14-16-20-17-15-18-21(22)19-20;7-6-4-2-1-3-5-6;1-2/h15,17-19,22H,2-14,16H2,1H3;1-5,7H;1H2. The predicted molar refractivity (Wildman–Crippen MR) is 133 cm³/mol. The van der Waals surface area contributed by atoms with Crippen LogP contribution in [0, 0.1) is 0 Å². The van der Waals surface area contributed by atoms with Gasteiger partial charge in [0.1, 0.15) is 18.3 Å². The Morgan fingerprint density at radius 2 is 1.03 bits per heavy atom. The van der Waals surface area contributed by atoms with E-state index < -0.39 is 0 Å². The SMILES string of the molecule is C=O.CCCCCCCCCCCCCCCc1cccc(O)c1.Oc1ccccc1. The maximum Gasteiger partial charge on any atom is 0.115 e. The van der Waals surface area contributed by atoms with Crippen molar-refractivity contribution in [1.29, 1.82) is 0 Å². The van der Waals surface area contributed by atoms with Gasteiger partial charge in [0.25, 0.3) is 0 Å². The van der Waals surface area contributed by atoms with Crippen molar-refractivity contribution in [3.63, 3.8) is 0 Å². The van der Waals surface area contributed by atoms with Crippen LogP contribution < -0.4 is 0 Å². The van der Waals surface area contributed by atoms with Gasteiger partial charge in [0.2, 0.25) is 0 Å². The van der Waals surface area contributed by atoms with Gasteiger partial charge in [0, 0.05) is 0 Å². The second kappa shape index (κ2) is 22.4. The summed E-state index contributed by atoms with van der Waals surface area (Å²) in [6.07, 6.45) is 19.3. The summed E-state index contributed by atoms with van der Waals surface area (Å²) in [6.45, 7) is 4.28. The van der Waals surface area contributed by atoms with E-state index in [-0.39, 0.29) is 0 Å². The normalized spacial score (nSPS) is 9.84. The lowest BCUT2D eigenvalue weighted by atomic mass is 10.0. The lowest BCUT2D eigenvalue weighted by Crippen LogP contribution is -1.86. The van der Waals surface area contributed by atoms with Crippen molar-refractivity contribution in [2.45, 2.75) is 96.8 Å². The average Bonchev–Trinajstić information content (AvgIpc) is 2.79. The first kappa shape index (κ1) is 28.7. The maximum absolute atomic E-state index is 9.42. The van der Waals surface area contributed by atoms with Crippen LogP contribution in [-0.4, -0.2) is 17.0 Å². The van der Waals surface area contributed by atoms with Crippen molar-refractivity contribution in [2.75, 3.05) is 0 Å². The third-order valence-corrected chi connectivity index (χ3v) is 5.24. The quantitative estimate of drug-likeness (QED) is 0.298. The van der Waals surface area contributed by atoms with E-state index in [4.69, 9.17) is 9.90 Å². The van der Waals surface area contributed by atoms with Gasteiger partial charge < -0.3 is 15.0 Å². The summed E-state index contributed by atoms with van der Waals surface area (Å²) >= 11 is 0. The molecule has 3 heteroatoms. The Hall–Kier alpha value is -2.29. The van der Waals surface area contributed by atoms with Crippen LogP contribution in [0.1, 0.15) is 96.0 Å². The second-order valence-corrected chi connectivity index (χ2v) is 8.00. The number of unbranched alkanes of at least 4 members (excludes halogenated alkanes) is 12. The highest BCUT2D eigenvalue weighted by Gasteiger charge is 1.96. The molecule has 174 valence electrons. The number of aromatic hydroxyl groups is 2. The van der Waals surface area contributed by atoms with Crippen molar-refractivity contribution in [3.05, 3.63) is 60.2 Å². The molecule has 2 N–H and O–H groups in total. The minimum absolute atomic E-state index is 0.322. The van der Waals surface area contributed by atoms with Crippen molar-refractivity contribution < 1.29 is 15.0 Å². The molecule has 0 aromatic heterocycles. The molecule has 2 aromatic rings. The van der Waals surface area contributed by atoms with Gasteiger partial charge in [-0.2, -0.15) is 0 Å². The second-order valence-electron chi connectivity index (χ2n) is 8.00. The molecule has 31 heavy (non-hydrogen) atoms. The first-order chi connectivity index (χ1) is 15.2. The number of carbonyl (C=O) groups is 1. The van der Waals surface area contributed by atoms with E-state index in [1.807, 2.05) is 25.0 Å². The number of hydrogen-bond donors (Lipinski definition) is 2. The minimum atomic E-state index is 0.322. The highest BCUT2D eigenvalue weighted by Crippen LogP contribution is 2.15. The summed E-state index contributed by atoms with van der Waals surface area (Å²) in [6, 6.07) is 16.4. The monoisotopic (exact) mass is 428 g/mol. The van der Waals surface area contributed by atoms with E-state index >= 15 is 0 Å². The van der Waals surface area contributed by atoms with E-state index in [1.165, 1.54) is 89.0 Å². The van der Waals surface area contributed by atoms with Crippen LogP contribution >= 0.6 is 0 Å². The predicted octanol–water partition coefficient (Wildman–Crippen LogP) is 8.23. The molecule has 2 aromatic carbocycles. The molecule has 0 spiro atoms. The molecule has 0 fully saturated rings. The van der Waals surface area contributed by atoms with E-state index in [0.717, 1.165) is 6.42 Å². The number of para-hydroxylation sites is 1. The topological polar surface area (TPSA) is 57.5 Å². The highest BCUT2D eigenvalue weighted by molar-refractivity contribution is 5.27. The molecule has 0 amide bonds. The van der Waals surface area contributed by atoms with Gasteiger partial charge in [-0.25, -0.2) is 0 Å². The highest BCUT2D eigenvalue weighted by atomic mass is 16.3. The zero-order valence-corrected chi connectivity index (χ0v) is 19.6. The third-order valence-electron chi connectivity index (χ3n) is 5.24. The summed E-state index contributed by atoms with van der Waals surface area (Å²) in [5.41, 5.74) is 1.27. The Bertz CT molecular complexity index is 613. The molecule has 0 aliphatic rings. The molecule has 0 radical (unpaired) electrons. The van der Waals surface area contributed by atoms with Crippen molar-refractivity contribution in [1.82, 2.24) is 0 Å². The molecule has 2 rings (SSSR count). The first-order valence-corrected chi connectivity index (χ1v) is 12.0. The third kappa shape index (κ3) is 19.4. The lowest BCUT2D eigenvalue weighted by molar-refractivity contribution is -0.0979. The molecule has 0 aliphatic heterocycles. The molecular weight excluding hydrogens is 384 g/mol. The molecule has 0 saturated heterocycles. The van der Waals surface area contributed by atoms with E-state index in [2.05, 4.69) is 13.0 Å². The zero-order chi connectivity index (χ0) is 23.0. The van der Waals surface area contributed by atoms with Crippen LogP contribution in [0.5, 0.6) is 11.5 Å². The molecule has 0 unspecified atom stereocenters. The summed E-state index contributed by atoms with van der Waals surface area (Å²) in [7, 11) is 0. The van der Waals surface area contributed by atoms with Crippen LogP contribution in [0.3, 0.4) is 0 Å². The van der Waals surface area contributed by atoms with Crippen LogP contribution in [0.4, 0.5) is 0 Å². The van der Waals surface area contributed by atoms with E-state index in [9.17, 15) is 5.11 Å².